The van der Waals surface area contributed by atoms with Gasteiger partial charge in [0.05, 0.1) is 0 Å². The molecule has 3 fully saturated rings. The van der Waals surface area contributed by atoms with E-state index in [1.54, 1.807) is 0 Å². The van der Waals surface area contributed by atoms with Crippen LogP contribution in [0.1, 0.15) is 42.0 Å². The summed E-state index contributed by atoms with van der Waals surface area (Å²) < 4.78 is 0. The molecule has 2 N–H and O–H groups in total. The molecule has 12 heavy (non-hydrogen) atoms. The molecule has 0 aliphatic carbocycles. The lowest BCUT2D eigenvalue weighted by Gasteiger charge is -2.37. The molecule has 2 nitrogen and oxygen atoms in total. The van der Waals surface area contributed by atoms with Crippen molar-refractivity contribution in [3.05, 3.63) is 0 Å². The Labute approximate surface area is 78.6 Å². The first-order valence-corrected chi connectivity index (χ1v) is 5.42. The fraction of sp³-hybridized carbons (Fsp3) is 1.00. The Bertz CT molecular complexity index is 67.9. The van der Waals surface area contributed by atoms with Crippen LogP contribution in [-0.2, 0) is 0 Å². The lowest BCUT2D eigenvalue weighted by Crippen LogP contribution is -2.58. The van der Waals surface area contributed by atoms with Crippen molar-refractivity contribution in [3.8, 4) is 0 Å². The van der Waals surface area contributed by atoms with E-state index >= 15 is 0 Å². The zero-order valence-electron chi connectivity index (χ0n) is 8.98. The van der Waals surface area contributed by atoms with E-state index in [0.29, 0.717) is 0 Å². The van der Waals surface area contributed by atoms with Gasteiger partial charge in [0.2, 0.25) is 0 Å². The fourth-order valence-electron chi connectivity index (χ4n) is 1.57. The molecule has 0 spiro atoms. The van der Waals surface area contributed by atoms with Crippen molar-refractivity contribution in [2.45, 2.75) is 52.6 Å². The van der Waals surface area contributed by atoms with Crippen LogP contribution in [0.2, 0.25) is 0 Å². The van der Waals surface area contributed by atoms with Gasteiger partial charge in [-0.05, 0) is 12.8 Å². The molecule has 2 heteroatoms. The molecule has 0 amide bonds. The van der Waals surface area contributed by atoms with Crippen molar-refractivity contribution < 1.29 is 1.43 Å². The van der Waals surface area contributed by atoms with E-state index < -0.39 is 0 Å². The first-order valence-electron chi connectivity index (χ1n) is 5.42. The molecule has 0 radical (unpaired) electrons. The van der Waals surface area contributed by atoms with Crippen LogP contribution in [0.3, 0.4) is 0 Å². The topological polar surface area (TPSA) is 24.1 Å². The molecular formula is C10H26N2. The van der Waals surface area contributed by atoms with Gasteiger partial charge in [-0.15, -0.1) is 0 Å². The molecule has 2 atom stereocenters. The Morgan fingerprint density at radius 2 is 1.17 bits per heavy atom. The van der Waals surface area contributed by atoms with Gasteiger partial charge in [0, 0.05) is 26.6 Å². The summed E-state index contributed by atoms with van der Waals surface area (Å²) in [7, 11) is 0. The number of piperazine rings is 1. The molecule has 0 saturated carbocycles. The third kappa shape index (κ3) is 3.55. The minimum atomic E-state index is 0. The highest BCUT2D eigenvalue weighted by Gasteiger charge is 2.25. The van der Waals surface area contributed by atoms with Gasteiger partial charge >= 0.3 is 0 Å². The van der Waals surface area contributed by atoms with E-state index in [9.17, 15) is 0 Å². The fourth-order valence-corrected chi connectivity index (χ4v) is 1.57. The van der Waals surface area contributed by atoms with E-state index in [-0.39, 0.29) is 1.43 Å². The molecule has 0 aromatic rings. The Morgan fingerprint density at radius 1 is 0.833 bits per heavy atom. The Balaban J connectivity index is 0. The lowest BCUT2D eigenvalue weighted by molar-refractivity contribution is 0.251. The highest BCUT2D eigenvalue weighted by Crippen LogP contribution is 2.12. The third-order valence-corrected chi connectivity index (χ3v) is 2.17. The molecule has 76 valence electrons. The average molecular weight is 174 g/mol. The number of hydrogen-bond acceptors (Lipinski definition) is 2. The molecule has 0 aromatic heterocycles. The average Bonchev–Trinajstić information content (AvgIpc) is 2.27. The maximum absolute atomic E-state index is 3.46. The molecule has 2 unspecified atom stereocenters. The first kappa shape index (κ1) is 11.9. The zero-order chi connectivity index (χ0) is 9.40. The summed E-state index contributed by atoms with van der Waals surface area (Å²) in [6.45, 7) is 10.4. The summed E-state index contributed by atoms with van der Waals surface area (Å²) in [5.74, 6) is 0. The van der Waals surface area contributed by atoms with E-state index in [2.05, 4.69) is 10.6 Å². The van der Waals surface area contributed by atoms with Crippen molar-refractivity contribution in [2.24, 2.45) is 0 Å². The zero-order valence-corrected chi connectivity index (χ0v) is 8.98. The predicted octanol–water partition coefficient (Wildman–Crippen LogP) is 2.01. The van der Waals surface area contributed by atoms with Crippen LogP contribution in [-0.4, -0.2) is 25.2 Å². The van der Waals surface area contributed by atoms with Gasteiger partial charge in [0.1, 0.15) is 0 Å². The molecule has 3 aliphatic heterocycles. The van der Waals surface area contributed by atoms with Gasteiger partial charge in [-0.2, -0.15) is 0 Å². The molecule has 3 rings (SSSR count). The van der Waals surface area contributed by atoms with Crippen LogP contribution in [0.25, 0.3) is 0 Å². The van der Waals surface area contributed by atoms with Crippen LogP contribution >= 0.6 is 0 Å². The largest absolute Gasteiger partial charge is 0.311 e. The molecule has 3 saturated heterocycles. The lowest BCUT2D eigenvalue weighted by atomic mass is 9.96. The van der Waals surface area contributed by atoms with E-state index in [1.165, 1.54) is 25.9 Å². The molecule has 2 bridgehead atoms. The van der Waals surface area contributed by atoms with Crippen LogP contribution < -0.4 is 10.6 Å². The number of nitrogens with one attached hydrogen (secondary N) is 2. The number of rotatable bonds is 0. The highest BCUT2D eigenvalue weighted by atomic mass is 15.1. The third-order valence-electron chi connectivity index (χ3n) is 2.17. The van der Waals surface area contributed by atoms with Gasteiger partial charge in [-0.25, -0.2) is 0 Å². The number of hydrogen-bond donors (Lipinski definition) is 2. The van der Waals surface area contributed by atoms with Crippen molar-refractivity contribution in [2.75, 3.05) is 13.1 Å². The number of fused-ring (bicyclic) bond motifs is 3. The summed E-state index contributed by atoms with van der Waals surface area (Å²) >= 11 is 0. The second-order valence-corrected chi connectivity index (χ2v) is 2.79. The SMILES string of the molecule is C1CC2CNC1CN2.CC.CC.[HH]. The minimum absolute atomic E-state index is 0. The van der Waals surface area contributed by atoms with Crippen LogP contribution in [0.15, 0.2) is 0 Å². The van der Waals surface area contributed by atoms with Crippen molar-refractivity contribution in [1.29, 1.82) is 0 Å². The maximum atomic E-state index is 3.46. The summed E-state index contributed by atoms with van der Waals surface area (Å²) in [6, 6.07) is 1.58. The smallest absolute Gasteiger partial charge is 0.0193 e. The molecule has 3 heterocycles. The monoisotopic (exact) mass is 174 g/mol. The molecular weight excluding hydrogens is 148 g/mol. The summed E-state index contributed by atoms with van der Waals surface area (Å²) in [5, 5.41) is 6.91. The summed E-state index contributed by atoms with van der Waals surface area (Å²) in [5.41, 5.74) is 0. The Morgan fingerprint density at radius 3 is 1.25 bits per heavy atom. The molecule has 3 aliphatic rings. The predicted molar refractivity (Wildman–Crippen MR) is 57.6 cm³/mol. The second-order valence-electron chi connectivity index (χ2n) is 2.79. The van der Waals surface area contributed by atoms with Gasteiger partial charge in [0.15, 0.2) is 0 Å². The van der Waals surface area contributed by atoms with Gasteiger partial charge < -0.3 is 10.6 Å². The Kier molecular flexibility index (Phi) is 7.51. The van der Waals surface area contributed by atoms with Crippen LogP contribution in [0.4, 0.5) is 0 Å². The molecule has 0 aromatic carbocycles. The number of piperidine rings is 2. The van der Waals surface area contributed by atoms with Gasteiger partial charge in [-0.3, -0.25) is 0 Å². The van der Waals surface area contributed by atoms with Gasteiger partial charge in [-0.1, -0.05) is 27.7 Å². The first-order chi connectivity index (χ1) is 5.95. The van der Waals surface area contributed by atoms with Crippen LogP contribution in [0, 0.1) is 0 Å². The van der Waals surface area contributed by atoms with Gasteiger partial charge in [0.25, 0.3) is 0 Å². The summed E-state index contributed by atoms with van der Waals surface area (Å²) in [4.78, 5) is 0. The quantitative estimate of drug-likeness (QED) is 0.587. The maximum Gasteiger partial charge on any atom is 0.0193 e. The van der Waals surface area contributed by atoms with Crippen molar-refractivity contribution >= 4 is 0 Å². The second kappa shape index (κ2) is 7.56. The highest BCUT2D eigenvalue weighted by molar-refractivity contribution is 4.89. The minimum Gasteiger partial charge on any atom is -0.311 e. The van der Waals surface area contributed by atoms with E-state index in [0.717, 1.165) is 12.1 Å². The normalized spacial score (nSPS) is 31.0. The Hall–Kier alpha value is -0.0800. The van der Waals surface area contributed by atoms with Crippen LogP contribution in [0.5, 0.6) is 0 Å². The summed E-state index contributed by atoms with van der Waals surface area (Å²) in [6.07, 6.45) is 2.77. The van der Waals surface area contributed by atoms with Crippen molar-refractivity contribution in [3.63, 3.8) is 0 Å². The van der Waals surface area contributed by atoms with E-state index in [1.807, 2.05) is 27.7 Å². The standard InChI is InChI=1S/C6H12N2.2C2H6.H2/c1-2-6-4-7-5(1)3-8-6;2*1-2;/h5-8H,1-4H2;2*1-2H3;1H. The van der Waals surface area contributed by atoms with E-state index in [4.69, 9.17) is 0 Å². The van der Waals surface area contributed by atoms with Crippen molar-refractivity contribution in [1.82, 2.24) is 10.6 Å².